The molecule has 2 aromatic carbocycles. The second-order valence-corrected chi connectivity index (χ2v) is 5.90. The van der Waals surface area contributed by atoms with Gasteiger partial charge in [0.2, 0.25) is 0 Å². The summed E-state index contributed by atoms with van der Waals surface area (Å²) >= 11 is 0. The van der Waals surface area contributed by atoms with Crippen LogP contribution in [-0.4, -0.2) is 20.0 Å². The average Bonchev–Trinajstić information content (AvgIpc) is 3.30. The van der Waals surface area contributed by atoms with Gasteiger partial charge >= 0.3 is 0 Å². The lowest BCUT2D eigenvalue weighted by Gasteiger charge is -2.18. The Morgan fingerprint density at radius 1 is 1.17 bits per heavy atom. The highest BCUT2D eigenvalue weighted by molar-refractivity contribution is 5.78. The first kappa shape index (κ1) is 14.7. The number of rotatable bonds is 5. The van der Waals surface area contributed by atoms with Crippen LogP contribution in [0.3, 0.4) is 0 Å². The van der Waals surface area contributed by atoms with Crippen molar-refractivity contribution in [2.24, 2.45) is 0 Å². The number of para-hydroxylation sites is 1. The molecule has 2 heterocycles. The van der Waals surface area contributed by atoms with Crippen molar-refractivity contribution in [3.05, 3.63) is 78.2 Å². The molecule has 5 nitrogen and oxygen atoms in total. The Hall–Kier alpha value is -2.92. The lowest BCUT2D eigenvalue weighted by atomic mass is 10.1. The van der Waals surface area contributed by atoms with E-state index >= 15 is 0 Å². The molecule has 4 aromatic rings. The molecule has 1 atom stereocenters. The Bertz CT molecular complexity index is 939. The van der Waals surface area contributed by atoms with E-state index < -0.39 is 0 Å². The van der Waals surface area contributed by atoms with E-state index in [1.165, 1.54) is 11.1 Å². The molecule has 0 aliphatic carbocycles. The van der Waals surface area contributed by atoms with Gasteiger partial charge in [0, 0.05) is 30.4 Å². The molecular weight excluding hydrogens is 298 g/mol. The number of hydrogen-bond acceptors (Lipinski definition) is 3. The van der Waals surface area contributed by atoms with Crippen molar-refractivity contribution in [2.45, 2.75) is 19.5 Å². The van der Waals surface area contributed by atoms with Crippen LogP contribution in [0.15, 0.2) is 67.1 Å². The maximum absolute atomic E-state index is 4.35. The molecule has 0 fully saturated rings. The van der Waals surface area contributed by atoms with E-state index in [0.717, 1.165) is 23.1 Å². The highest BCUT2D eigenvalue weighted by Crippen LogP contribution is 2.21. The quantitative estimate of drug-likeness (QED) is 0.591. The maximum Gasteiger partial charge on any atom is 0.0693 e. The molecule has 0 aliphatic rings. The molecule has 0 aliphatic heterocycles. The molecule has 2 N–H and O–H groups in total. The van der Waals surface area contributed by atoms with Crippen LogP contribution in [0, 0.1) is 0 Å². The standard InChI is InChI=1S/C19H19N5/c1-14(17-5-2-3-6-19(17)24-10-4-9-22-24)20-12-15-7-8-16-13-21-23-18(16)11-15/h2-11,13-14,20H,12H2,1H3,(H,21,23). The van der Waals surface area contributed by atoms with Crippen molar-refractivity contribution in [3.8, 4) is 5.69 Å². The molecule has 0 saturated heterocycles. The van der Waals surface area contributed by atoms with E-state index in [2.05, 4.69) is 63.9 Å². The summed E-state index contributed by atoms with van der Waals surface area (Å²) in [5.74, 6) is 0. The maximum atomic E-state index is 4.35. The third-order valence-electron chi connectivity index (χ3n) is 4.27. The third-order valence-corrected chi connectivity index (χ3v) is 4.27. The highest BCUT2D eigenvalue weighted by Gasteiger charge is 2.11. The largest absolute Gasteiger partial charge is 0.306 e. The Balaban J connectivity index is 1.53. The second-order valence-electron chi connectivity index (χ2n) is 5.90. The summed E-state index contributed by atoms with van der Waals surface area (Å²) < 4.78 is 1.91. The van der Waals surface area contributed by atoms with Crippen LogP contribution >= 0.6 is 0 Å². The van der Waals surface area contributed by atoms with Crippen molar-refractivity contribution >= 4 is 10.9 Å². The average molecular weight is 317 g/mol. The molecule has 0 amide bonds. The van der Waals surface area contributed by atoms with Crippen LogP contribution in [0.25, 0.3) is 16.6 Å². The molecule has 24 heavy (non-hydrogen) atoms. The molecule has 0 radical (unpaired) electrons. The van der Waals surface area contributed by atoms with E-state index in [-0.39, 0.29) is 6.04 Å². The number of hydrogen-bond donors (Lipinski definition) is 2. The minimum atomic E-state index is 0.211. The number of benzene rings is 2. The minimum Gasteiger partial charge on any atom is -0.306 e. The molecule has 1 unspecified atom stereocenters. The van der Waals surface area contributed by atoms with Gasteiger partial charge in [0.15, 0.2) is 0 Å². The molecule has 2 aromatic heterocycles. The van der Waals surface area contributed by atoms with Gasteiger partial charge < -0.3 is 5.32 Å². The zero-order valence-electron chi connectivity index (χ0n) is 13.5. The number of nitrogens with zero attached hydrogens (tertiary/aromatic N) is 3. The van der Waals surface area contributed by atoms with Gasteiger partial charge in [-0.25, -0.2) is 4.68 Å². The van der Waals surface area contributed by atoms with Crippen molar-refractivity contribution in [3.63, 3.8) is 0 Å². The third kappa shape index (κ3) is 2.81. The predicted octanol–water partition coefficient (Wildman–Crippen LogP) is 3.60. The van der Waals surface area contributed by atoms with E-state index in [0.29, 0.717) is 0 Å². The zero-order valence-corrected chi connectivity index (χ0v) is 13.5. The number of H-pyrrole nitrogens is 1. The van der Waals surface area contributed by atoms with Crippen molar-refractivity contribution in [1.29, 1.82) is 0 Å². The Morgan fingerprint density at radius 3 is 2.96 bits per heavy atom. The molecule has 0 bridgehead atoms. The van der Waals surface area contributed by atoms with Gasteiger partial charge in [0.25, 0.3) is 0 Å². The van der Waals surface area contributed by atoms with Crippen LogP contribution < -0.4 is 5.32 Å². The van der Waals surface area contributed by atoms with Crippen molar-refractivity contribution in [1.82, 2.24) is 25.3 Å². The fourth-order valence-electron chi connectivity index (χ4n) is 2.95. The molecule has 120 valence electrons. The number of nitrogens with one attached hydrogen (secondary N) is 2. The SMILES string of the molecule is CC(NCc1ccc2cn[nH]c2c1)c1ccccc1-n1cccn1. The Kier molecular flexibility index (Phi) is 3.84. The van der Waals surface area contributed by atoms with Crippen LogP contribution in [-0.2, 0) is 6.54 Å². The number of aromatic amines is 1. The van der Waals surface area contributed by atoms with Gasteiger partial charge in [-0.3, -0.25) is 5.10 Å². The molecular formula is C19H19N5. The number of fused-ring (bicyclic) bond motifs is 1. The fraction of sp³-hybridized carbons (Fsp3) is 0.158. The lowest BCUT2D eigenvalue weighted by Crippen LogP contribution is -2.19. The monoisotopic (exact) mass is 317 g/mol. The second kappa shape index (κ2) is 6.29. The summed E-state index contributed by atoms with van der Waals surface area (Å²) in [4.78, 5) is 0. The summed E-state index contributed by atoms with van der Waals surface area (Å²) in [5.41, 5.74) is 4.63. The minimum absolute atomic E-state index is 0.211. The molecule has 0 spiro atoms. The smallest absolute Gasteiger partial charge is 0.0693 e. The summed E-state index contributed by atoms with van der Waals surface area (Å²) in [6, 6.07) is 16.9. The first-order chi connectivity index (χ1) is 11.8. The van der Waals surface area contributed by atoms with Gasteiger partial charge in [-0.15, -0.1) is 0 Å². The van der Waals surface area contributed by atoms with Crippen LogP contribution in [0.5, 0.6) is 0 Å². The van der Waals surface area contributed by atoms with Crippen LogP contribution in [0.4, 0.5) is 0 Å². The number of aromatic nitrogens is 4. The molecule has 5 heteroatoms. The van der Waals surface area contributed by atoms with Gasteiger partial charge in [0.1, 0.15) is 0 Å². The van der Waals surface area contributed by atoms with Gasteiger partial charge in [-0.2, -0.15) is 10.2 Å². The van der Waals surface area contributed by atoms with Gasteiger partial charge in [-0.1, -0.05) is 30.3 Å². The summed E-state index contributed by atoms with van der Waals surface area (Å²) in [6.45, 7) is 2.97. The summed E-state index contributed by atoms with van der Waals surface area (Å²) in [5, 5.41) is 16.2. The topological polar surface area (TPSA) is 58.5 Å². The van der Waals surface area contributed by atoms with E-state index in [1.807, 2.05) is 29.2 Å². The first-order valence-corrected chi connectivity index (χ1v) is 8.05. The molecule has 0 saturated carbocycles. The Morgan fingerprint density at radius 2 is 2.08 bits per heavy atom. The van der Waals surface area contributed by atoms with Crippen LogP contribution in [0.2, 0.25) is 0 Å². The van der Waals surface area contributed by atoms with E-state index in [1.54, 1.807) is 6.20 Å². The summed E-state index contributed by atoms with van der Waals surface area (Å²) in [7, 11) is 0. The fourth-order valence-corrected chi connectivity index (χ4v) is 2.95. The summed E-state index contributed by atoms with van der Waals surface area (Å²) in [6.07, 6.45) is 5.61. The van der Waals surface area contributed by atoms with E-state index in [9.17, 15) is 0 Å². The Labute approximate surface area is 140 Å². The first-order valence-electron chi connectivity index (χ1n) is 8.05. The van der Waals surface area contributed by atoms with Crippen molar-refractivity contribution in [2.75, 3.05) is 0 Å². The lowest BCUT2D eigenvalue weighted by molar-refractivity contribution is 0.571. The zero-order chi connectivity index (χ0) is 16.4. The van der Waals surface area contributed by atoms with Gasteiger partial charge in [0.05, 0.1) is 17.4 Å². The van der Waals surface area contributed by atoms with Crippen LogP contribution in [0.1, 0.15) is 24.1 Å². The van der Waals surface area contributed by atoms with E-state index in [4.69, 9.17) is 0 Å². The highest BCUT2D eigenvalue weighted by atomic mass is 15.3. The van der Waals surface area contributed by atoms with Gasteiger partial charge in [-0.05, 0) is 36.2 Å². The normalized spacial score (nSPS) is 12.5. The van der Waals surface area contributed by atoms with Crippen molar-refractivity contribution < 1.29 is 0 Å². The molecule has 4 rings (SSSR count). The predicted molar refractivity (Wildman–Crippen MR) is 94.9 cm³/mol.